The number of phenolic OH excluding ortho intramolecular Hbond substituents is 3. The standard InChI is InChI=1S/C15H12O5/c16-11-8-10(6-7-12(17)18)14(19)13(15(11)20)9-4-2-1-3-5-9/h1-8,16,19-20H,(H,17,18)/b7-6+. The van der Waals surface area contributed by atoms with E-state index in [9.17, 15) is 20.1 Å². The topological polar surface area (TPSA) is 98.0 Å². The van der Waals surface area contributed by atoms with E-state index in [-0.39, 0.29) is 16.9 Å². The second-order valence-electron chi connectivity index (χ2n) is 4.09. The van der Waals surface area contributed by atoms with E-state index < -0.39 is 17.5 Å². The molecule has 0 radical (unpaired) electrons. The van der Waals surface area contributed by atoms with Crippen LogP contribution < -0.4 is 0 Å². The van der Waals surface area contributed by atoms with E-state index in [1.165, 1.54) is 0 Å². The Morgan fingerprint density at radius 3 is 2.25 bits per heavy atom. The summed E-state index contributed by atoms with van der Waals surface area (Å²) in [4.78, 5) is 10.5. The molecule has 0 aromatic heterocycles. The van der Waals surface area contributed by atoms with E-state index in [4.69, 9.17) is 5.11 Å². The number of aromatic hydroxyl groups is 3. The van der Waals surface area contributed by atoms with E-state index in [1.54, 1.807) is 30.3 Å². The number of hydrogen-bond acceptors (Lipinski definition) is 4. The van der Waals surface area contributed by atoms with Gasteiger partial charge in [0.05, 0.1) is 5.56 Å². The lowest BCUT2D eigenvalue weighted by Gasteiger charge is -2.11. The van der Waals surface area contributed by atoms with Crippen molar-refractivity contribution in [3.8, 4) is 28.4 Å². The molecule has 20 heavy (non-hydrogen) atoms. The van der Waals surface area contributed by atoms with Gasteiger partial charge in [-0.3, -0.25) is 0 Å². The van der Waals surface area contributed by atoms with Crippen molar-refractivity contribution in [2.24, 2.45) is 0 Å². The highest BCUT2D eigenvalue weighted by molar-refractivity contribution is 5.89. The number of hydrogen-bond donors (Lipinski definition) is 4. The van der Waals surface area contributed by atoms with Gasteiger partial charge < -0.3 is 20.4 Å². The maximum atomic E-state index is 10.5. The summed E-state index contributed by atoms with van der Waals surface area (Å²) in [6.07, 6.45) is 1.98. The first-order valence-corrected chi connectivity index (χ1v) is 5.75. The third-order valence-electron chi connectivity index (χ3n) is 2.75. The SMILES string of the molecule is O=C(O)/C=C/c1cc(O)c(O)c(-c2ccccc2)c1O. The van der Waals surface area contributed by atoms with Gasteiger partial charge in [0, 0.05) is 11.6 Å². The maximum Gasteiger partial charge on any atom is 0.328 e. The van der Waals surface area contributed by atoms with Crippen LogP contribution in [0.1, 0.15) is 5.56 Å². The molecular weight excluding hydrogens is 260 g/mol. The molecule has 0 unspecified atom stereocenters. The molecule has 2 aromatic carbocycles. The van der Waals surface area contributed by atoms with Gasteiger partial charge in [0.2, 0.25) is 0 Å². The smallest absolute Gasteiger partial charge is 0.328 e. The van der Waals surface area contributed by atoms with Gasteiger partial charge in [0.25, 0.3) is 0 Å². The lowest BCUT2D eigenvalue weighted by Crippen LogP contribution is -1.88. The molecule has 4 N–H and O–H groups in total. The van der Waals surface area contributed by atoms with E-state index >= 15 is 0 Å². The zero-order valence-electron chi connectivity index (χ0n) is 10.3. The molecule has 0 amide bonds. The lowest BCUT2D eigenvalue weighted by molar-refractivity contribution is -0.131. The Balaban J connectivity index is 2.65. The third kappa shape index (κ3) is 2.56. The second kappa shape index (κ2) is 5.36. The van der Waals surface area contributed by atoms with Crippen LogP contribution in [-0.2, 0) is 4.79 Å². The van der Waals surface area contributed by atoms with Gasteiger partial charge in [-0.2, -0.15) is 0 Å². The van der Waals surface area contributed by atoms with Crippen LogP contribution in [0.25, 0.3) is 17.2 Å². The zero-order valence-corrected chi connectivity index (χ0v) is 10.3. The molecule has 102 valence electrons. The molecular formula is C15H12O5. The fourth-order valence-corrected chi connectivity index (χ4v) is 1.83. The highest BCUT2D eigenvalue weighted by Crippen LogP contribution is 2.45. The Morgan fingerprint density at radius 2 is 1.65 bits per heavy atom. The fourth-order valence-electron chi connectivity index (χ4n) is 1.83. The normalized spacial score (nSPS) is 10.8. The molecule has 0 heterocycles. The van der Waals surface area contributed by atoms with Crippen molar-refractivity contribution in [2.75, 3.05) is 0 Å². The lowest BCUT2D eigenvalue weighted by atomic mass is 9.99. The van der Waals surface area contributed by atoms with Crippen LogP contribution in [-0.4, -0.2) is 26.4 Å². The molecule has 0 aliphatic carbocycles. The Kier molecular flexibility index (Phi) is 3.61. The van der Waals surface area contributed by atoms with Crippen molar-refractivity contribution < 1.29 is 25.2 Å². The second-order valence-corrected chi connectivity index (χ2v) is 4.09. The molecule has 5 nitrogen and oxygen atoms in total. The van der Waals surface area contributed by atoms with Crippen molar-refractivity contribution in [1.82, 2.24) is 0 Å². The van der Waals surface area contributed by atoms with E-state index in [2.05, 4.69) is 0 Å². The Morgan fingerprint density at radius 1 is 1.00 bits per heavy atom. The number of carboxylic acids is 1. The average Bonchev–Trinajstić information content (AvgIpc) is 2.43. The van der Waals surface area contributed by atoms with Gasteiger partial charge >= 0.3 is 5.97 Å². The van der Waals surface area contributed by atoms with Crippen LogP contribution in [0.3, 0.4) is 0 Å². The van der Waals surface area contributed by atoms with Gasteiger partial charge in [-0.1, -0.05) is 30.3 Å². The van der Waals surface area contributed by atoms with Crippen molar-refractivity contribution in [2.45, 2.75) is 0 Å². The zero-order chi connectivity index (χ0) is 14.7. The summed E-state index contributed by atoms with van der Waals surface area (Å²) in [5.74, 6) is -2.38. The summed E-state index contributed by atoms with van der Waals surface area (Å²) in [5, 5.41) is 38.3. The minimum atomic E-state index is -1.18. The highest BCUT2D eigenvalue weighted by Gasteiger charge is 2.17. The maximum absolute atomic E-state index is 10.5. The molecule has 0 spiro atoms. The Bertz CT molecular complexity index is 674. The summed E-state index contributed by atoms with van der Waals surface area (Å²) < 4.78 is 0. The van der Waals surface area contributed by atoms with Crippen molar-refractivity contribution in [3.05, 3.63) is 48.0 Å². The molecule has 2 rings (SSSR count). The average molecular weight is 272 g/mol. The molecule has 5 heteroatoms. The first kappa shape index (κ1) is 13.5. The molecule has 0 fully saturated rings. The Labute approximate surface area is 114 Å². The molecule has 0 bridgehead atoms. The van der Waals surface area contributed by atoms with Crippen molar-refractivity contribution in [3.63, 3.8) is 0 Å². The monoisotopic (exact) mass is 272 g/mol. The summed E-state index contributed by atoms with van der Waals surface area (Å²) in [7, 11) is 0. The van der Waals surface area contributed by atoms with Crippen molar-refractivity contribution in [1.29, 1.82) is 0 Å². The van der Waals surface area contributed by atoms with Gasteiger partial charge in [0.1, 0.15) is 5.75 Å². The molecule has 2 aromatic rings. The summed E-state index contributed by atoms with van der Waals surface area (Å²) in [6.45, 7) is 0. The van der Waals surface area contributed by atoms with Crippen LogP contribution in [0.15, 0.2) is 42.5 Å². The predicted octanol–water partition coefficient (Wildman–Crippen LogP) is 2.57. The van der Waals surface area contributed by atoms with Crippen LogP contribution in [0, 0.1) is 0 Å². The van der Waals surface area contributed by atoms with E-state index in [1.807, 2.05) is 0 Å². The minimum absolute atomic E-state index is 0.0515. The van der Waals surface area contributed by atoms with Crippen molar-refractivity contribution >= 4 is 12.0 Å². The molecule has 0 saturated carbocycles. The number of carbonyl (C=O) groups is 1. The summed E-state index contributed by atoms with van der Waals surface area (Å²) in [5.41, 5.74) is 0.653. The Hall–Kier alpha value is -2.95. The third-order valence-corrected chi connectivity index (χ3v) is 2.75. The van der Waals surface area contributed by atoms with Crippen LogP contribution in [0.2, 0.25) is 0 Å². The van der Waals surface area contributed by atoms with Crippen LogP contribution in [0.4, 0.5) is 0 Å². The first-order valence-electron chi connectivity index (χ1n) is 5.75. The number of aliphatic carboxylic acids is 1. The van der Waals surface area contributed by atoms with Gasteiger partial charge in [-0.05, 0) is 17.7 Å². The quantitative estimate of drug-likeness (QED) is 0.391. The van der Waals surface area contributed by atoms with Gasteiger partial charge in [-0.25, -0.2) is 4.79 Å². The van der Waals surface area contributed by atoms with Crippen LogP contribution in [0.5, 0.6) is 17.2 Å². The number of phenols is 3. The number of rotatable bonds is 3. The fraction of sp³-hybridized carbons (Fsp3) is 0. The van der Waals surface area contributed by atoms with Crippen LogP contribution >= 0.6 is 0 Å². The predicted molar refractivity (Wildman–Crippen MR) is 73.5 cm³/mol. The number of benzene rings is 2. The number of carboxylic acid groups (broad SMARTS) is 1. The van der Waals surface area contributed by atoms with E-state index in [0.29, 0.717) is 5.56 Å². The first-order chi connectivity index (χ1) is 9.50. The minimum Gasteiger partial charge on any atom is -0.507 e. The molecule has 0 aliphatic heterocycles. The summed E-state index contributed by atoms with van der Waals surface area (Å²) in [6, 6.07) is 9.59. The molecule has 0 atom stereocenters. The summed E-state index contributed by atoms with van der Waals surface area (Å²) >= 11 is 0. The van der Waals surface area contributed by atoms with E-state index in [0.717, 1.165) is 18.2 Å². The largest absolute Gasteiger partial charge is 0.507 e. The highest BCUT2D eigenvalue weighted by atomic mass is 16.4. The molecule has 0 aliphatic rings. The van der Waals surface area contributed by atoms with Gasteiger partial charge in [-0.15, -0.1) is 0 Å². The van der Waals surface area contributed by atoms with Gasteiger partial charge in [0.15, 0.2) is 11.5 Å². The molecule has 0 saturated heterocycles.